The monoisotopic (exact) mass is 320 g/mol. The molecule has 0 atom stereocenters. The van der Waals surface area contributed by atoms with Gasteiger partial charge in [0.1, 0.15) is 6.61 Å². The van der Waals surface area contributed by atoms with Gasteiger partial charge in [0.15, 0.2) is 9.84 Å². The second-order valence-electron chi connectivity index (χ2n) is 4.09. The zero-order valence-corrected chi connectivity index (χ0v) is 14.9. The number of benzene rings is 1. The predicted octanol–water partition coefficient (Wildman–Crippen LogP) is -1.52. The van der Waals surface area contributed by atoms with Crippen LogP contribution in [0.2, 0.25) is 0 Å². The van der Waals surface area contributed by atoms with Crippen LogP contribution >= 0.6 is 0 Å². The molecule has 0 aliphatic rings. The van der Waals surface area contributed by atoms with Gasteiger partial charge in [0.25, 0.3) is 0 Å². The van der Waals surface area contributed by atoms with Gasteiger partial charge in [-0.2, -0.15) is 0 Å². The number of hydrogen-bond donors (Lipinski definition) is 0. The van der Waals surface area contributed by atoms with Crippen LogP contribution in [0.25, 0.3) is 0 Å². The van der Waals surface area contributed by atoms with Gasteiger partial charge >= 0.3 is 58.4 Å². The number of aryl methyl sites for hydroxylation is 1. The van der Waals surface area contributed by atoms with Gasteiger partial charge in [-0.05, 0) is 13.0 Å². The van der Waals surface area contributed by atoms with Crippen LogP contribution in [-0.2, 0) is 9.84 Å². The number of halogens is 3. The molecule has 0 N–H and O–H groups in total. The smallest absolute Gasteiger partial charge is 0.496 e. The van der Waals surface area contributed by atoms with Gasteiger partial charge in [-0.25, -0.2) is 8.42 Å². The summed E-state index contributed by atoms with van der Waals surface area (Å²) in [5, 5.41) is 0. The van der Waals surface area contributed by atoms with Crippen LogP contribution in [-0.4, -0.2) is 34.0 Å². The average Bonchev–Trinajstić information content (AvgIpc) is 2.17. The Labute approximate surface area is 153 Å². The molecule has 102 valence electrons. The Kier molecular flexibility index (Phi) is 7.65. The van der Waals surface area contributed by atoms with Crippen LogP contribution in [0.3, 0.4) is 0 Å². The molecule has 9 heteroatoms. The largest absolute Gasteiger partial charge is 1.00 e. The molecule has 0 spiro atoms. The minimum Gasteiger partial charge on any atom is -0.496 e. The van der Waals surface area contributed by atoms with Crippen molar-refractivity contribution in [3.63, 3.8) is 0 Å². The number of rotatable bonds is 5. The summed E-state index contributed by atoms with van der Waals surface area (Å²) in [7, 11) is -3.25. The fourth-order valence-corrected chi connectivity index (χ4v) is 1.74. The zero-order valence-electron chi connectivity index (χ0n) is 11.0. The van der Waals surface area contributed by atoms with E-state index in [1.807, 2.05) is 0 Å². The number of sulfone groups is 1. The summed E-state index contributed by atoms with van der Waals surface area (Å²) in [5.41, 5.74) is -0.358. The van der Waals surface area contributed by atoms with Crippen LogP contribution in [0.15, 0.2) is 18.2 Å². The van der Waals surface area contributed by atoms with E-state index in [1.54, 1.807) is 6.92 Å². The van der Waals surface area contributed by atoms with E-state index in [9.17, 15) is 21.4 Å². The van der Waals surface area contributed by atoms with E-state index in [4.69, 9.17) is 4.74 Å². The average molecular weight is 320 g/mol. The molecule has 0 fully saturated rings. The summed E-state index contributed by atoms with van der Waals surface area (Å²) in [6.45, 7) is -3.92. The molecule has 0 aliphatic carbocycles. The molecule has 0 bridgehead atoms. The van der Waals surface area contributed by atoms with Crippen LogP contribution < -0.4 is 61.6 Å². The third-order valence-corrected chi connectivity index (χ3v) is 3.14. The van der Waals surface area contributed by atoms with Crippen molar-refractivity contribution in [1.82, 2.24) is 0 Å². The Morgan fingerprint density at radius 3 is 2.32 bits per heavy atom. The summed E-state index contributed by atoms with van der Waals surface area (Å²) in [6.07, 6.45) is 1.00. The molecule has 1 aromatic carbocycles. The summed E-state index contributed by atoms with van der Waals surface area (Å²) in [4.78, 5) is 0. The number of hydrogen-bond acceptors (Lipinski definition) is 3. The van der Waals surface area contributed by atoms with Gasteiger partial charge in [0, 0.05) is 6.26 Å². The van der Waals surface area contributed by atoms with Crippen molar-refractivity contribution in [2.75, 3.05) is 18.6 Å². The molecule has 0 unspecified atom stereocenters. The Morgan fingerprint density at radius 2 is 1.84 bits per heavy atom. The van der Waals surface area contributed by atoms with Crippen molar-refractivity contribution < 1.29 is 77.5 Å². The van der Waals surface area contributed by atoms with Gasteiger partial charge < -0.3 is 17.7 Å². The molecular weight excluding hydrogens is 307 g/mol. The molecule has 0 saturated heterocycles. The zero-order chi connectivity index (χ0) is 14.0. The second kappa shape index (κ2) is 7.46. The predicted molar refractivity (Wildman–Crippen MR) is 65.1 cm³/mol. The van der Waals surface area contributed by atoms with Crippen LogP contribution in [0.4, 0.5) is 12.9 Å². The van der Waals surface area contributed by atoms with E-state index in [-0.39, 0.29) is 69.5 Å². The van der Waals surface area contributed by atoms with Gasteiger partial charge in [-0.3, -0.25) is 0 Å². The maximum absolute atomic E-state index is 12.8. The standard InChI is InChI=1S/C10H13BF3O3S.K/c1-8-3-4-10(9(7-8)11(12,13)14)17-5-6-18(2,15)16;/h3-4,7H,5-6H2,1-2H3;/q-1;+1. The first kappa shape index (κ1) is 19.5. The van der Waals surface area contributed by atoms with Gasteiger partial charge in [-0.15, -0.1) is 0 Å². The molecule has 0 aliphatic heterocycles. The van der Waals surface area contributed by atoms with Gasteiger partial charge in [-0.1, -0.05) is 23.2 Å². The van der Waals surface area contributed by atoms with Crippen LogP contribution in [0.1, 0.15) is 5.56 Å². The van der Waals surface area contributed by atoms with Gasteiger partial charge in [0.2, 0.25) is 0 Å². The van der Waals surface area contributed by atoms with Crippen molar-refractivity contribution in [2.24, 2.45) is 0 Å². The van der Waals surface area contributed by atoms with Crippen molar-refractivity contribution in [1.29, 1.82) is 0 Å². The van der Waals surface area contributed by atoms with Crippen LogP contribution in [0, 0.1) is 6.92 Å². The van der Waals surface area contributed by atoms with E-state index >= 15 is 0 Å². The third kappa shape index (κ3) is 7.14. The second-order valence-corrected chi connectivity index (χ2v) is 6.35. The maximum Gasteiger partial charge on any atom is 1.00 e. The SMILES string of the molecule is Cc1ccc(OCCS(C)(=O)=O)c([B-](F)(F)F)c1.[K+]. The molecule has 0 amide bonds. The van der Waals surface area contributed by atoms with E-state index in [0.29, 0.717) is 5.56 Å². The Morgan fingerprint density at radius 1 is 1.26 bits per heavy atom. The Hall–Kier alpha value is 0.461. The Bertz CT molecular complexity index is 531. The fraction of sp³-hybridized carbons (Fsp3) is 0.400. The van der Waals surface area contributed by atoms with E-state index in [0.717, 1.165) is 12.3 Å². The first-order chi connectivity index (χ1) is 8.09. The van der Waals surface area contributed by atoms with Crippen molar-refractivity contribution >= 4 is 22.3 Å². The van der Waals surface area contributed by atoms with Gasteiger partial charge in [0.05, 0.1) is 11.5 Å². The third-order valence-electron chi connectivity index (χ3n) is 2.23. The molecule has 1 aromatic rings. The fourth-order valence-electron chi connectivity index (χ4n) is 1.36. The van der Waals surface area contributed by atoms with Crippen molar-refractivity contribution in [2.45, 2.75) is 6.92 Å². The molecular formula is C10H13BF3KO3S. The van der Waals surface area contributed by atoms with Crippen molar-refractivity contribution in [3.8, 4) is 5.75 Å². The molecule has 0 saturated carbocycles. The molecule has 3 nitrogen and oxygen atoms in total. The summed E-state index contributed by atoms with van der Waals surface area (Å²) >= 11 is 0. The molecule has 0 heterocycles. The van der Waals surface area contributed by atoms with E-state index < -0.39 is 22.3 Å². The quantitative estimate of drug-likeness (QED) is 0.619. The van der Waals surface area contributed by atoms with E-state index in [2.05, 4.69) is 0 Å². The first-order valence-electron chi connectivity index (χ1n) is 5.20. The molecule has 0 radical (unpaired) electrons. The Balaban J connectivity index is 0.00000324. The minimum absolute atomic E-state index is 0. The molecule has 19 heavy (non-hydrogen) atoms. The first-order valence-corrected chi connectivity index (χ1v) is 7.26. The summed E-state index contributed by atoms with van der Waals surface area (Å²) in [5.74, 6) is -0.637. The maximum atomic E-state index is 12.8. The summed E-state index contributed by atoms with van der Waals surface area (Å²) < 4.78 is 64.9. The van der Waals surface area contributed by atoms with Crippen molar-refractivity contribution in [3.05, 3.63) is 23.8 Å². The minimum atomic E-state index is -5.18. The number of ether oxygens (including phenoxy) is 1. The normalized spacial score (nSPS) is 11.8. The molecule has 1 rings (SSSR count). The molecule has 0 aromatic heterocycles. The summed E-state index contributed by atoms with van der Waals surface area (Å²) in [6, 6.07) is 3.69. The topological polar surface area (TPSA) is 43.4 Å². The van der Waals surface area contributed by atoms with Crippen LogP contribution in [0.5, 0.6) is 5.75 Å². The van der Waals surface area contributed by atoms with E-state index in [1.165, 1.54) is 12.1 Å².